The Labute approximate surface area is 182 Å². The summed E-state index contributed by atoms with van der Waals surface area (Å²) in [6.45, 7) is 5.18. The van der Waals surface area contributed by atoms with Gasteiger partial charge in [-0.05, 0) is 41.8 Å². The van der Waals surface area contributed by atoms with Crippen molar-refractivity contribution in [2.75, 3.05) is 44.8 Å². The van der Waals surface area contributed by atoms with Gasteiger partial charge in [0.25, 0.3) is 0 Å². The molecule has 0 unspecified atom stereocenters. The molecule has 2 aromatic rings. The molecule has 0 aliphatic carbocycles. The van der Waals surface area contributed by atoms with Gasteiger partial charge in [0.05, 0.1) is 6.54 Å². The van der Waals surface area contributed by atoms with Gasteiger partial charge in [0, 0.05) is 37.9 Å². The summed E-state index contributed by atoms with van der Waals surface area (Å²) < 4.78 is 10.7. The average molecular weight is 421 g/mol. The summed E-state index contributed by atoms with van der Waals surface area (Å²) in [4.78, 5) is 28.9. The van der Waals surface area contributed by atoms with E-state index in [4.69, 9.17) is 9.47 Å². The van der Waals surface area contributed by atoms with Gasteiger partial charge in [-0.1, -0.05) is 31.2 Å². The first kappa shape index (κ1) is 20.9. The van der Waals surface area contributed by atoms with Crippen molar-refractivity contribution in [3.05, 3.63) is 59.7 Å². The average Bonchev–Trinajstić information content (AvgIpc) is 3.26. The van der Waals surface area contributed by atoms with E-state index in [1.54, 1.807) is 12.2 Å². The number of piperazine rings is 1. The number of fused-ring (bicyclic) bond motifs is 1. The Bertz CT molecular complexity index is 981. The van der Waals surface area contributed by atoms with Gasteiger partial charge in [-0.15, -0.1) is 0 Å². The fourth-order valence-electron chi connectivity index (χ4n) is 3.76. The molecule has 1 saturated heterocycles. The van der Waals surface area contributed by atoms with Gasteiger partial charge in [-0.2, -0.15) is 0 Å². The van der Waals surface area contributed by atoms with E-state index in [2.05, 4.69) is 17.1 Å². The molecule has 4 rings (SSSR count). The summed E-state index contributed by atoms with van der Waals surface area (Å²) >= 11 is 0. The SMILES string of the molecule is CCc1ccccc1NC(=O)CN1CCN(C(=O)/C=C/c2ccc3c(c2)OCO3)CC1. The van der Waals surface area contributed by atoms with Crippen LogP contribution in [0.15, 0.2) is 48.5 Å². The van der Waals surface area contributed by atoms with Gasteiger partial charge in [0.1, 0.15) is 0 Å². The van der Waals surface area contributed by atoms with E-state index >= 15 is 0 Å². The predicted molar refractivity (Wildman–Crippen MR) is 119 cm³/mol. The third-order valence-electron chi connectivity index (χ3n) is 5.54. The molecule has 2 aliphatic heterocycles. The molecule has 0 spiro atoms. The lowest BCUT2D eigenvalue weighted by atomic mass is 10.1. The monoisotopic (exact) mass is 421 g/mol. The van der Waals surface area contributed by atoms with Gasteiger partial charge < -0.3 is 19.7 Å². The van der Waals surface area contributed by atoms with Gasteiger partial charge >= 0.3 is 0 Å². The van der Waals surface area contributed by atoms with Crippen LogP contribution in [-0.4, -0.2) is 61.1 Å². The van der Waals surface area contributed by atoms with Crippen LogP contribution in [0.25, 0.3) is 6.08 Å². The molecule has 7 nitrogen and oxygen atoms in total. The summed E-state index contributed by atoms with van der Waals surface area (Å²) in [5, 5.41) is 3.01. The topological polar surface area (TPSA) is 71.1 Å². The summed E-state index contributed by atoms with van der Waals surface area (Å²) in [6.07, 6.45) is 4.24. The normalized spacial score (nSPS) is 16.0. The van der Waals surface area contributed by atoms with Gasteiger partial charge in [-0.25, -0.2) is 0 Å². The second-order valence-corrected chi connectivity index (χ2v) is 7.61. The van der Waals surface area contributed by atoms with E-state index in [0.717, 1.165) is 29.0 Å². The maximum Gasteiger partial charge on any atom is 0.246 e. The number of nitrogens with zero attached hydrogens (tertiary/aromatic N) is 2. The highest BCUT2D eigenvalue weighted by molar-refractivity contribution is 5.93. The van der Waals surface area contributed by atoms with E-state index in [1.807, 2.05) is 47.4 Å². The Balaban J connectivity index is 1.24. The Morgan fingerprint density at radius 2 is 1.81 bits per heavy atom. The van der Waals surface area contributed by atoms with Crippen molar-refractivity contribution in [2.45, 2.75) is 13.3 Å². The number of carbonyl (C=O) groups excluding carboxylic acids is 2. The number of ether oxygens (including phenoxy) is 2. The fraction of sp³-hybridized carbons (Fsp3) is 0.333. The van der Waals surface area contributed by atoms with E-state index in [9.17, 15) is 9.59 Å². The third-order valence-corrected chi connectivity index (χ3v) is 5.54. The second kappa shape index (κ2) is 9.66. The summed E-state index contributed by atoms with van der Waals surface area (Å²) in [7, 11) is 0. The molecule has 1 fully saturated rings. The molecule has 0 aromatic heterocycles. The van der Waals surface area contributed by atoms with Crippen molar-refractivity contribution in [3.8, 4) is 11.5 Å². The number of anilines is 1. The van der Waals surface area contributed by atoms with Crippen molar-refractivity contribution in [1.82, 2.24) is 9.80 Å². The molecule has 2 amide bonds. The standard InChI is InChI=1S/C24H27N3O4/c1-2-19-5-3-4-6-20(19)25-23(28)16-26-11-13-27(14-12-26)24(29)10-8-18-7-9-21-22(15-18)31-17-30-21/h3-10,15H,2,11-14,16-17H2,1H3,(H,25,28)/b10-8+. The second-order valence-electron chi connectivity index (χ2n) is 7.61. The Morgan fingerprint density at radius 3 is 2.61 bits per heavy atom. The number of para-hydroxylation sites is 1. The number of carbonyl (C=O) groups is 2. The highest BCUT2D eigenvalue weighted by Gasteiger charge is 2.21. The number of rotatable bonds is 6. The molecule has 2 aromatic carbocycles. The highest BCUT2D eigenvalue weighted by atomic mass is 16.7. The number of amides is 2. The lowest BCUT2D eigenvalue weighted by Gasteiger charge is -2.33. The highest BCUT2D eigenvalue weighted by Crippen LogP contribution is 2.32. The lowest BCUT2D eigenvalue weighted by molar-refractivity contribution is -0.127. The van der Waals surface area contributed by atoms with Gasteiger partial charge in [0.15, 0.2) is 11.5 Å². The third kappa shape index (κ3) is 5.24. The first-order chi connectivity index (χ1) is 15.1. The number of hydrogen-bond acceptors (Lipinski definition) is 5. The number of nitrogens with one attached hydrogen (secondary N) is 1. The molecule has 31 heavy (non-hydrogen) atoms. The first-order valence-corrected chi connectivity index (χ1v) is 10.6. The zero-order valence-corrected chi connectivity index (χ0v) is 17.7. The van der Waals surface area contributed by atoms with Crippen LogP contribution in [0.3, 0.4) is 0 Å². The number of benzene rings is 2. The zero-order valence-electron chi connectivity index (χ0n) is 17.7. The van der Waals surface area contributed by atoms with Crippen LogP contribution < -0.4 is 14.8 Å². The maximum atomic E-state index is 12.5. The molecular weight excluding hydrogens is 394 g/mol. The Hall–Kier alpha value is -3.32. The molecule has 0 saturated carbocycles. The zero-order chi connectivity index (χ0) is 21.6. The maximum absolute atomic E-state index is 12.5. The minimum absolute atomic E-state index is 0.0246. The molecule has 0 radical (unpaired) electrons. The van der Waals surface area contributed by atoms with E-state index in [-0.39, 0.29) is 18.6 Å². The van der Waals surface area contributed by atoms with Crippen LogP contribution >= 0.6 is 0 Å². The molecule has 2 aliphatic rings. The van der Waals surface area contributed by atoms with Crippen LogP contribution in [-0.2, 0) is 16.0 Å². The van der Waals surface area contributed by atoms with Crippen LogP contribution in [0.5, 0.6) is 11.5 Å². The number of aryl methyl sites for hydroxylation is 1. The minimum Gasteiger partial charge on any atom is -0.454 e. The van der Waals surface area contributed by atoms with Crippen LogP contribution in [0.2, 0.25) is 0 Å². The molecule has 0 bridgehead atoms. The Kier molecular flexibility index (Phi) is 6.52. The summed E-state index contributed by atoms with van der Waals surface area (Å²) in [5.74, 6) is 1.37. The van der Waals surface area contributed by atoms with Crippen LogP contribution in [0, 0.1) is 0 Å². The van der Waals surface area contributed by atoms with E-state index < -0.39 is 0 Å². The summed E-state index contributed by atoms with van der Waals surface area (Å²) in [5.41, 5.74) is 2.89. The molecule has 162 valence electrons. The van der Waals surface area contributed by atoms with Crippen molar-refractivity contribution in [3.63, 3.8) is 0 Å². The molecular formula is C24H27N3O4. The Morgan fingerprint density at radius 1 is 1.03 bits per heavy atom. The number of hydrogen-bond donors (Lipinski definition) is 1. The van der Waals surface area contributed by atoms with Crippen molar-refractivity contribution in [2.24, 2.45) is 0 Å². The molecule has 2 heterocycles. The lowest BCUT2D eigenvalue weighted by Crippen LogP contribution is -2.50. The first-order valence-electron chi connectivity index (χ1n) is 10.6. The van der Waals surface area contributed by atoms with E-state index in [1.165, 1.54) is 0 Å². The quantitative estimate of drug-likeness (QED) is 0.727. The smallest absolute Gasteiger partial charge is 0.246 e. The van der Waals surface area contributed by atoms with Crippen LogP contribution in [0.4, 0.5) is 5.69 Å². The minimum atomic E-state index is -0.0290. The van der Waals surface area contributed by atoms with Gasteiger partial charge in [-0.3, -0.25) is 14.5 Å². The summed E-state index contributed by atoms with van der Waals surface area (Å²) in [6, 6.07) is 13.5. The molecule has 0 atom stereocenters. The van der Waals surface area contributed by atoms with Crippen molar-refractivity contribution >= 4 is 23.6 Å². The van der Waals surface area contributed by atoms with Crippen molar-refractivity contribution < 1.29 is 19.1 Å². The fourth-order valence-corrected chi connectivity index (χ4v) is 3.76. The molecule has 7 heteroatoms. The van der Waals surface area contributed by atoms with Crippen LogP contribution in [0.1, 0.15) is 18.1 Å². The van der Waals surface area contributed by atoms with Gasteiger partial charge in [0.2, 0.25) is 18.6 Å². The van der Waals surface area contributed by atoms with E-state index in [0.29, 0.717) is 38.5 Å². The molecule has 1 N–H and O–H groups in total. The van der Waals surface area contributed by atoms with Crippen molar-refractivity contribution in [1.29, 1.82) is 0 Å². The largest absolute Gasteiger partial charge is 0.454 e. The predicted octanol–water partition coefficient (Wildman–Crippen LogP) is 2.77.